The molecule has 23 heavy (non-hydrogen) atoms. The molecule has 126 valence electrons. The van der Waals surface area contributed by atoms with Crippen LogP contribution in [0.5, 0.6) is 0 Å². The Labute approximate surface area is 138 Å². The number of nitrogens with one attached hydrogen (secondary N) is 1. The number of rotatable bonds is 6. The first-order valence-corrected chi connectivity index (χ1v) is 7.87. The highest BCUT2D eigenvalue weighted by Crippen LogP contribution is 2.24. The van der Waals surface area contributed by atoms with Crippen molar-refractivity contribution in [2.45, 2.75) is 19.3 Å². The van der Waals surface area contributed by atoms with E-state index in [-0.39, 0.29) is 29.5 Å². The van der Waals surface area contributed by atoms with Gasteiger partial charge in [0.1, 0.15) is 5.82 Å². The van der Waals surface area contributed by atoms with Crippen molar-refractivity contribution in [3.8, 4) is 0 Å². The maximum Gasteiger partial charge on any atom is 0.308 e. The second-order valence-electron chi connectivity index (χ2n) is 5.58. The summed E-state index contributed by atoms with van der Waals surface area (Å²) in [5.74, 6) is -2.64. The molecule has 1 aliphatic rings. The van der Waals surface area contributed by atoms with Gasteiger partial charge in [0, 0.05) is 30.3 Å². The third-order valence-electron chi connectivity index (χ3n) is 4.07. The summed E-state index contributed by atoms with van der Waals surface area (Å²) < 4.78 is 18.9. The summed E-state index contributed by atoms with van der Waals surface area (Å²) >= 11 is 5.88. The molecular formula is C16H19ClFNO4. The maximum atomic E-state index is 13.7. The predicted molar refractivity (Wildman–Crippen MR) is 82.8 cm³/mol. The van der Waals surface area contributed by atoms with Crippen LogP contribution in [0.25, 0.3) is 0 Å². The van der Waals surface area contributed by atoms with Gasteiger partial charge in [0.15, 0.2) is 0 Å². The van der Waals surface area contributed by atoms with Crippen molar-refractivity contribution >= 4 is 23.5 Å². The second kappa shape index (κ2) is 8.26. The molecule has 5 nitrogen and oxygen atoms in total. The first-order valence-electron chi connectivity index (χ1n) is 7.49. The molecule has 0 saturated carbocycles. The van der Waals surface area contributed by atoms with Crippen molar-refractivity contribution in [1.82, 2.24) is 5.32 Å². The lowest BCUT2D eigenvalue weighted by Crippen LogP contribution is -2.39. The van der Waals surface area contributed by atoms with Crippen LogP contribution in [0.2, 0.25) is 5.02 Å². The summed E-state index contributed by atoms with van der Waals surface area (Å²) in [7, 11) is 0. The highest BCUT2D eigenvalue weighted by Gasteiger charge is 2.30. The van der Waals surface area contributed by atoms with E-state index in [1.54, 1.807) is 0 Å². The number of amides is 1. The van der Waals surface area contributed by atoms with E-state index in [2.05, 4.69) is 5.32 Å². The van der Waals surface area contributed by atoms with Crippen LogP contribution in [0.1, 0.15) is 18.4 Å². The Kier molecular flexibility index (Phi) is 6.36. The highest BCUT2D eigenvalue weighted by molar-refractivity contribution is 6.31. The van der Waals surface area contributed by atoms with Crippen LogP contribution in [0.3, 0.4) is 0 Å². The lowest BCUT2D eigenvalue weighted by molar-refractivity contribution is -0.144. The van der Waals surface area contributed by atoms with Gasteiger partial charge in [0.25, 0.3) is 0 Å². The van der Waals surface area contributed by atoms with Crippen LogP contribution in [-0.4, -0.2) is 36.7 Å². The van der Waals surface area contributed by atoms with E-state index >= 15 is 0 Å². The minimum atomic E-state index is -0.943. The summed E-state index contributed by atoms with van der Waals surface area (Å²) in [6.07, 6.45) is 1.10. The van der Waals surface area contributed by atoms with Gasteiger partial charge in [-0.05, 0) is 30.9 Å². The predicted octanol–water partition coefficient (Wildman–Crippen LogP) is 2.27. The third-order valence-corrected chi connectivity index (χ3v) is 4.42. The molecule has 2 rings (SSSR count). The van der Waals surface area contributed by atoms with Gasteiger partial charge >= 0.3 is 5.97 Å². The minimum absolute atomic E-state index is 0.0188. The molecular weight excluding hydrogens is 325 g/mol. The molecule has 1 fully saturated rings. The largest absolute Gasteiger partial charge is 0.481 e. The first kappa shape index (κ1) is 17.7. The third kappa shape index (κ3) is 4.91. The molecule has 1 amide bonds. The zero-order valence-electron chi connectivity index (χ0n) is 12.6. The van der Waals surface area contributed by atoms with Crippen molar-refractivity contribution in [2.75, 3.05) is 19.8 Å². The number of benzene rings is 1. The van der Waals surface area contributed by atoms with Gasteiger partial charge in [0.2, 0.25) is 5.91 Å². The van der Waals surface area contributed by atoms with E-state index in [9.17, 15) is 19.1 Å². The molecule has 0 bridgehead atoms. The van der Waals surface area contributed by atoms with Crippen LogP contribution in [0.4, 0.5) is 4.39 Å². The molecule has 1 aromatic carbocycles. The molecule has 1 unspecified atom stereocenters. The highest BCUT2D eigenvalue weighted by atomic mass is 35.5. The van der Waals surface area contributed by atoms with Crippen LogP contribution in [-0.2, 0) is 20.7 Å². The number of carboxylic acid groups (broad SMARTS) is 1. The fraction of sp³-hybridized carbons (Fsp3) is 0.500. The lowest BCUT2D eigenvalue weighted by Gasteiger charge is -2.27. The Hall–Kier alpha value is -1.66. The zero-order valence-corrected chi connectivity index (χ0v) is 13.3. The van der Waals surface area contributed by atoms with Crippen molar-refractivity contribution in [3.05, 3.63) is 34.6 Å². The number of halogens is 2. The van der Waals surface area contributed by atoms with Crippen LogP contribution in [0, 0.1) is 17.7 Å². The van der Waals surface area contributed by atoms with Gasteiger partial charge in [-0.15, -0.1) is 0 Å². The fourth-order valence-corrected chi connectivity index (χ4v) is 2.95. The van der Waals surface area contributed by atoms with Crippen molar-refractivity contribution in [1.29, 1.82) is 0 Å². The van der Waals surface area contributed by atoms with Crippen LogP contribution in [0.15, 0.2) is 18.2 Å². The van der Waals surface area contributed by atoms with E-state index in [1.807, 2.05) is 0 Å². The van der Waals surface area contributed by atoms with Gasteiger partial charge in [-0.2, -0.15) is 0 Å². The molecule has 0 aromatic heterocycles. The summed E-state index contributed by atoms with van der Waals surface area (Å²) in [5.41, 5.74) is 0.115. The minimum Gasteiger partial charge on any atom is -0.481 e. The molecule has 1 aromatic rings. The number of aliphatic carboxylic acids is 1. The molecule has 7 heteroatoms. The lowest BCUT2D eigenvalue weighted by atomic mass is 9.86. The Morgan fingerprint density at radius 1 is 1.39 bits per heavy atom. The SMILES string of the molecule is O=C(Cc1c(F)cccc1Cl)NCC(C(=O)O)C1CCOCC1. The average molecular weight is 344 g/mol. The maximum absolute atomic E-state index is 13.7. The van der Waals surface area contributed by atoms with Gasteiger partial charge < -0.3 is 15.2 Å². The van der Waals surface area contributed by atoms with E-state index in [0.29, 0.717) is 26.1 Å². The average Bonchev–Trinajstić information content (AvgIpc) is 2.52. The topological polar surface area (TPSA) is 75.6 Å². The summed E-state index contributed by atoms with van der Waals surface area (Å²) in [6.45, 7) is 1.09. The number of hydrogen-bond donors (Lipinski definition) is 2. The standard InChI is InChI=1S/C16H19ClFNO4/c17-13-2-1-3-14(18)11(13)8-15(20)19-9-12(16(21)22)10-4-6-23-7-5-10/h1-3,10,12H,4-9H2,(H,19,20)(H,21,22). The number of ether oxygens (including phenoxy) is 1. The van der Waals surface area contributed by atoms with Crippen molar-refractivity contribution in [2.24, 2.45) is 11.8 Å². The Balaban J connectivity index is 1.92. The summed E-state index contributed by atoms with van der Waals surface area (Å²) in [4.78, 5) is 23.4. The smallest absolute Gasteiger partial charge is 0.308 e. The van der Waals surface area contributed by atoms with Gasteiger partial charge in [-0.25, -0.2) is 4.39 Å². The quantitative estimate of drug-likeness (QED) is 0.830. The molecule has 1 saturated heterocycles. The summed E-state index contributed by atoms with van der Waals surface area (Å²) in [6, 6.07) is 4.20. The van der Waals surface area contributed by atoms with E-state index in [0.717, 1.165) is 0 Å². The van der Waals surface area contributed by atoms with Gasteiger partial charge in [-0.1, -0.05) is 17.7 Å². The zero-order chi connectivity index (χ0) is 16.8. The number of carbonyl (C=O) groups excluding carboxylic acids is 1. The Morgan fingerprint density at radius 2 is 2.09 bits per heavy atom. The van der Waals surface area contributed by atoms with Gasteiger partial charge in [-0.3, -0.25) is 9.59 Å². The normalized spacial score (nSPS) is 16.8. The number of carboxylic acids is 1. The molecule has 0 radical (unpaired) electrons. The van der Waals surface area contributed by atoms with Crippen molar-refractivity contribution < 1.29 is 23.8 Å². The molecule has 0 spiro atoms. The Morgan fingerprint density at radius 3 is 2.70 bits per heavy atom. The fourth-order valence-electron chi connectivity index (χ4n) is 2.72. The first-order chi connectivity index (χ1) is 11.0. The van der Waals surface area contributed by atoms with Crippen molar-refractivity contribution in [3.63, 3.8) is 0 Å². The Bertz CT molecular complexity index is 555. The van der Waals surface area contributed by atoms with Crippen LogP contribution < -0.4 is 5.32 Å². The van der Waals surface area contributed by atoms with E-state index in [1.165, 1.54) is 18.2 Å². The van der Waals surface area contributed by atoms with Gasteiger partial charge in [0.05, 0.1) is 12.3 Å². The summed E-state index contributed by atoms with van der Waals surface area (Å²) in [5, 5.41) is 12.1. The number of hydrogen-bond acceptors (Lipinski definition) is 3. The molecule has 2 N–H and O–H groups in total. The van der Waals surface area contributed by atoms with E-state index in [4.69, 9.17) is 16.3 Å². The molecule has 1 aliphatic heterocycles. The van der Waals surface area contributed by atoms with Crippen LogP contribution >= 0.6 is 11.6 Å². The number of carbonyl (C=O) groups is 2. The molecule has 1 heterocycles. The molecule has 0 aliphatic carbocycles. The van der Waals surface area contributed by atoms with E-state index < -0.39 is 23.6 Å². The monoisotopic (exact) mass is 343 g/mol. The second-order valence-corrected chi connectivity index (χ2v) is 5.98. The molecule has 1 atom stereocenters.